The number of nitrogens with zero attached hydrogens (tertiary/aromatic N) is 1. The molecule has 0 fully saturated rings. The van der Waals surface area contributed by atoms with Crippen molar-refractivity contribution < 1.29 is 14.4 Å². The van der Waals surface area contributed by atoms with E-state index in [0.29, 0.717) is 11.8 Å². The number of benzene rings is 2. The zero-order valence-electron chi connectivity index (χ0n) is 11.9. The number of hydrogen-bond acceptors (Lipinski definition) is 2. The molecular weight excluding hydrogens is 250 g/mol. The van der Waals surface area contributed by atoms with Gasteiger partial charge in [-0.25, -0.2) is 0 Å². The molecule has 0 heterocycles. The van der Waals surface area contributed by atoms with Crippen molar-refractivity contribution in [1.82, 2.24) is 0 Å². The molecule has 2 aromatic carbocycles. The Morgan fingerprint density at radius 1 is 1.00 bits per heavy atom. The Morgan fingerprint density at radius 3 is 2.30 bits per heavy atom. The molecule has 3 heteroatoms. The fourth-order valence-corrected chi connectivity index (χ4v) is 2.42. The highest BCUT2D eigenvalue weighted by atomic mass is 16.3. The fourth-order valence-electron chi connectivity index (χ4n) is 2.42. The van der Waals surface area contributed by atoms with E-state index in [1.165, 1.54) is 5.56 Å². The second-order valence-corrected chi connectivity index (χ2v) is 5.75. The van der Waals surface area contributed by atoms with Gasteiger partial charge < -0.3 is 9.59 Å². The van der Waals surface area contributed by atoms with E-state index in [0.717, 1.165) is 23.1 Å². The summed E-state index contributed by atoms with van der Waals surface area (Å²) in [7, 11) is 4.31. The Bertz CT molecular complexity index is 591. The predicted molar refractivity (Wildman–Crippen MR) is 79.5 cm³/mol. The standard InChI is InChI=1S/C17H19NO2/c1-18(2,11-14-6-4-3-5-7-14)12-15-8-9-17(20)16(10-15)13-19/h3-10,13H,11-12H2,1-2H3/p+1. The zero-order chi connectivity index (χ0) is 14.6. The number of phenols is 1. The van der Waals surface area contributed by atoms with Gasteiger partial charge in [0.1, 0.15) is 18.8 Å². The normalized spacial score (nSPS) is 11.3. The van der Waals surface area contributed by atoms with E-state index < -0.39 is 0 Å². The van der Waals surface area contributed by atoms with Gasteiger partial charge in [-0.05, 0) is 18.2 Å². The maximum Gasteiger partial charge on any atom is 0.153 e. The van der Waals surface area contributed by atoms with Crippen LogP contribution in [0, 0.1) is 0 Å². The molecule has 0 amide bonds. The highest BCUT2D eigenvalue weighted by Gasteiger charge is 2.17. The maximum atomic E-state index is 10.9. The van der Waals surface area contributed by atoms with Gasteiger partial charge >= 0.3 is 0 Å². The molecule has 0 atom stereocenters. The minimum Gasteiger partial charge on any atom is -0.507 e. The summed E-state index contributed by atoms with van der Waals surface area (Å²) in [5.41, 5.74) is 2.68. The SMILES string of the molecule is C[N+](C)(Cc1ccccc1)Cc1ccc(O)c(C=O)c1. The number of carbonyl (C=O) groups excluding carboxylic acids is 1. The van der Waals surface area contributed by atoms with Crippen molar-refractivity contribution in [1.29, 1.82) is 0 Å². The highest BCUT2D eigenvalue weighted by molar-refractivity contribution is 5.79. The lowest BCUT2D eigenvalue weighted by atomic mass is 10.1. The summed E-state index contributed by atoms with van der Waals surface area (Å²) in [6.07, 6.45) is 0.691. The molecular formula is C17H20NO2+. The van der Waals surface area contributed by atoms with Crippen LogP contribution in [0.4, 0.5) is 0 Å². The van der Waals surface area contributed by atoms with Gasteiger partial charge in [0, 0.05) is 11.1 Å². The van der Waals surface area contributed by atoms with Crippen LogP contribution in [0.25, 0.3) is 0 Å². The molecule has 0 bridgehead atoms. The van der Waals surface area contributed by atoms with Gasteiger partial charge in [0.25, 0.3) is 0 Å². The van der Waals surface area contributed by atoms with Crippen LogP contribution in [0.2, 0.25) is 0 Å². The van der Waals surface area contributed by atoms with E-state index in [4.69, 9.17) is 0 Å². The van der Waals surface area contributed by atoms with Crippen LogP contribution in [0.15, 0.2) is 48.5 Å². The lowest BCUT2D eigenvalue weighted by molar-refractivity contribution is -0.916. The first-order chi connectivity index (χ1) is 9.50. The smallest absolute Gasteiger partial charge is 0.153 e. The number of carbonyl (C=O) groups is 1. The van der Waals surface area contributed by atoms with Crippen molar-refractivity contribution in [2.45, 2.75) is 13.1 Å². The predicted octanol–water partition coefficient (Wildman–Crippen LogP) is 2.98. The molecule has 0 aliphatic heterocycles. The molecule has 2 aromatic rings. The topological polar surface area (TPSA) is 37.3 Å². The third-order valence-corrected chi connectivity index (χ3v) is 3.28. The van der Waals surface area contributed by atoms with Crippen molar-refractivity contribution >= 4 is 6.29 Å². The number of aromatic hydroxyl groups is 1. The molecule has 0 saturated heterocycles. The second-order valence-electron chi connectivity index (χ2n) is 5.75. The number of aldehydes is 1. The van der Waals surface area contributed by atoms with Gasteiger partial charge in [-0.1, -0.05) is 30.3 Å². The molecule has 0 unspecified atom stereocenters. The first kappa shape index (κ1) is 14.3. The molecule has 0 aliphatic carbocycles. The zero-order valence-corrected chi connectivity index (χ0v) is 11.9. The molecule has 3 nitrogen and oxygen atoms in total. The van der Waals surface area contributed by atoms with Crippen LogP contribution in [-0.4, -0.2) is 30.0 Å². The monoisotopic (exact) mass is 270 g/mol. The molecule has 1 N–H and O–H groups in total. The Hall–Kier alpha value is -2.13. The molecule has 0 aliphatic rings. The van der Waals surface area contributed by atoms with Crippen molar-refractivity contribution in [3.05, 3.63) is 65.2 Å². The number of quaternary nitrogens is 1. The van der Waals surface area contributed by atoms with Crippen LogP contribution in [0.1, 0.15) is 21.5 Å². The Balaban J connectivity index is 2.13. The van der Waals surface area contributed by atoms with Gasteiger partial charge in [0.2, 0.25) is 0 Å². The van der Waals surface area contributed by atoms with E-state index in [9.17, 15) is 9.90 Å². The van der Waals surface area contributed by atoms with Crippen LogP contribution in [0.3, 0.4) is 0 Å². The lowest BCUT2D eigenvalue weighted by Gasteiger charge is -2.30. The number of rotatable bonds is 5. The second kappa shape index (κ2) is 5.88. The van der Waals surface area contributed by atoms with Gasteiger partial charge in [0.05, 0.1) is 19.7 Å². The molecule has 20 heavy (non-hydrogen) atoms. The lowest BCUT2D eigenvalue weighted by Crippen LogP contribution is -2.37. The summed E-state index contributed by atoms with van der Waals surface area (Å²) >= 11 is 0. The summed E-state index contributed by atoms with van der Waals surface area (Å²) in [6, 6.07) is 15.5. The quantitative estimate of drug-likeness (QED) is 0.670. The average Bonchev–Trinajstić information content (AvgIpc) is 2.41. The summed E-state index contributed by atoms with van der Waals surface area (Å²) in [4.78, 5) is 10.9. The van der Waals surface area contributed by atoms with Crippen molar-refractivity contribution in [2.75, 3.05) is 14.1 Å². The summed E-state index contributed by atoms with van der Waals surface area (Å²) in [5.74, 6) is 0.0390. The molecule has 0 aromatic heterocycles. The van der Waals surface area contributed by atoms with Crippen LogP contribution >= 0.6 is 0 Å². The molecule has 0 radical (unpaired) electrons. The number of phenolic OH excluding ortho intramolecular Hbond substituents is 1. The first-order valence-corrected chi connectivity index (χ1v) is 6.63. The van der Waals surface area contributed by atoms with E-state index >= 15 is 0 Å². The first-order valence-electron chi connectivity index (χ1n) is 6.63. The highest BCUT2D eigenvalue weighted by Crippen LogP contribution is 2.20. The summed E-state index contributed by atoms with van der Waals surface area (Å²) < 4.78 is 0.785. The number of hydrogen-bond donors (Lipinski definition) is 1. The van der Waals surface area contributed by atoms with Crippen molar-refractivity contribution in [3.8, 4) is 5.75 Å². The van der Waals surface area contributed by atoms with Gasteiger partial charge in [-0.2, -0.15) is 0 Å². The van der Waals surface area contributed by atoms with Crippen LogP contribution in [0.5, 0.6) is 5.75 Å². The summed E-state index contributed by atoms with van der Waals surface area (Å²) in [5, 5.41) is 9.53. The largest absolute Gasteiger partial charge is 0.507 e. The third-order valence-electron chi connectivity index (χ3n) is 3.28. The minimum atomic E-state index is 0.0390. The van der Waals surface area contributed by atoms with Crippen molar-refractivity contribution in [2.24, 2.45) is 0 Å². The molecule has 0 saturated carbocycles. The minimum absolute atomic E-state index is 0.0390. The van der Waals surface area contributed by atoms with E-state index in [1.54, 1.807) is 12.1 Å². The van der Waals surface area contributed by atoms with E-state index in [1.807, 2.05) is 24.3 Å². The Morgan fingerprint density at radius 2 is 1.65 bits per heavy atom. The average molecular weight is 270 g/mol. The Kier molecular flexibility index (Phi) is 4.20. The van der Waals surface area contributed by atoms with Crippen LogP contribution in [-0.2, 0) is 13.1 Å². The Labute approximate surface area is 119 Å². The molecule has 2 rings (SSSR count). The van der Waals surface area contributed by atoms with E-state index in [2.05, 4.69) is 26.2 Å². The fraction of sp³-hybridized carbons (Fsp3) is 0.235. The van der Waals surface area contributed by atoms with Gasteiger partial charge in [-0.15, -0.1) is 0 Å². The van der Waals surface area contributed by atoms with E-state index in [-0.39, 0.29) is 5.75 Å². The molecule has 0 spiro atoms. The van der Waals surface area contributed by atoms with Crippen molar-refractivity contribution in [3.63, 3.8) is 0 Å². The summed E-state index contributed by atoms with van der Waals surface area (Å²) in [6.45, 7) is 1.72. The van der Waals surface area contributed by atoms with Gasteiger partial charge in [-0.3, -0.25) is 4.79 Å². The maximum absolute atomic E-state index is 10.9. The third kappa shape index (κ3) is 3.68. The molecule has 104 valence electrons. The van der Waals surface area contributed by atoms with Crippen LogP contribution < -0.4 is 0 Å². The van der Waals surface area contributed by atoms with Gasteiger partial charge in [0.15, 0.2) is 6.29 Å².